The topological polar surface area (TPSA) is 41.6 Å². The summed E-state index contributed by atoms with van der Waals surface area (Å²) in [5.74, 6) is 1.47. The van der Waals surface area contributed by atoms with Gasteiger partial charge in [0.1, 0.15) is 0 Å². The molecule has 1 amide bonds. The Morgan fingerprint density at radius 2 is 1.83 bits per heavy atom. The second-order valence-electron chi connectivity index (χ2n) is 7.79. The summed E-state index contributed by atoms with van der Waals surface area (Å²) in [6.07, 6.45) is 8.28. The van der Waals surface area contributed by atoms with Crippen molar-refractivity contribution < 1.29 is 9.53 Å². The van der Waals surface area contributed by atoms with E-state index in [4.69, 9.17) is 4.74 Å². The highest BCUT2D eigenvalue weighted by atomic mass is 16.5. The maximum atomic E-state index is 12.4. The Kier molecular flexibility index (Phi) is 7.84. The quantitative estimate of drug-likeness (QED) is 0.816. The van der Waals surface area contributed by atoms with E-state index in [2.05, 4.69) is 31.0 Å². The predicted molar refractivity (Wildman–Crippen MR) is 94.4 cm³/mol. The number of carbonyl (C=O) groups is 1. The number of nitrogens with zero attached hydrogens (tertiary/aromatic N) is 1. The number of carbonyl (C=O) groups excluding carboxylic acids is 1. The lowest BCUT2D eigenvalue weighted by atomic mass is 9.87. The molecule has 1 N–H and O–H groups in total. The van der Waals surface area contributed by atoms with E-state index in [1.807, 2.05) is 0 Å². The standard InChI is InChI=1S/C19H36N2O2/c1-15(2)19-17(9-8-12-23-19)14-20-16(3)13-18(22)21-10-6-4-5-7-11-21/h15-17,19-20H,4-14H2,1-3H3/t16-,17-,19-/m1/s1. The van der Waals surface area contributed by atoms with Gasteiger partial charge < -0.3 is 15.0 Å². The van der Waals surface area contributed by atoms with Crippen LogP contribution in [0.2, 0.25) is 0 Å². The molecule has 4 nitrogen and oxygen atoms in total. The third-order valence-corrected chi connectivity index (χ3v) is 5.32. The van der Waals surface area contributed by atoms with Crippen molar-refractivity contribution in [2.75, 3.05) is 26.2 Å². The summed E-state index contributed by atoms with van der Waals surface area (Å²) < 4.78 is 5.96. The SMILES string of the molecule is CC(C)[C@H]1OCCC[C@@H]1CN[C@H](C)CC(=O)N1CCCCCC1. The number of amides is 1. The summed E-state index contributed by atoms with van der Waals surface area (Å²) in [7, 11) is 0. The average Bonchev–Trinajstić information content (AvgIpc) is 2.82. The van der Waals surface area contributed by atoms with Gasteiger partial charge in [0.2, 0.25) is 5.91 Å². The summed E-state index contributed by atoms with van der Waals surface area (Å²) in [6.45, 7) is 10.4. The van der Waals surface area contributed by atoms with Gasteiger partial charge in [-0.1, -0.05) is 26.7 Å². The number of ether oxygens (including phenoxy) is 1. The molecule has 2 aliphatic heterocycles. The molecule has 2 aliphatic rings. The number of hydrogen-bond acceptors (Lipinski definition) is 3. The monoisotopic (exact) mass is 324 g/mol. The molecular weight excluding hydrogens is 288 g/mol. The molecule has 2 saturated heterocycles. The fourth-order valence-electron chi connectivity index (χ4n) is 3.96. The van der Waals surface area contributed by atoms with Crippen LogP contribution in [0.5, 0.6) is 0 Å². The average molecular weight is 325 g/mol. The Labute approximate surface area is 142 Å². The molecule has 0 radical (unpaired) electrons. The van der Waals surface area contributed by atoms with Crippen molar-refractivity contribution in [3.05, 3.63) is 0 Å². The molecule has 2 fully saturated rings. The Hall–Kier alpha value is -0.610. The van der Waals surface area contributed by atoms with Crippen LogP contribution < -0.4 is 5.32 Å². The molecule has 0 aromatic carbocycles. The van der Waals surface area contributed by atoms with Gasteiger partial charge in [-0.15, -0.1) is 0 Å². The van der Waals surface area contributed by atoms with E-state index in [0.717, 1.165) is 32.7 Å². The molecule has 0 unspecified atom stereocenters. The lowest BCUT2D eigenvalue weighted by Gasteiger charge is -2.35. The van der Waals surface area contributed by atoms with Crippen molar-refractivity contribution in [3.8, 4) is 0 Å². The van der Waals surface area contributed by atoms with Crippen LogP contribution in [-0.4, -0.2) is 49.2 Å². The van der Waals surface area contributed by atoms with Gasteiger partial charge >= 0.3 is 0 Å². The predicted octanol–water partition coefficient (Wildman–Crippen LogP) is 3.21. The molecule has 23 heavy (non-hydrogen) atoms. The van der Waals surface area contributed by atoms with Gasteiger partial charge in [-0.2, -0.15) is 0 Å². The number of rotatable bonds is 6. The first kappa shape index (κ1) is 18.7. The molecule has 3 atom stereocenters. The molecule has 0 saturated carbocycles. The van der Waals surface area contributed by atoms with Crippen molar-refractivity contribution in [2.45, 2.75) is 77.9 Å². The molecule has 0 aromatic rings. The maximum Gasteiger partial charge on any atom is 0.224 e. The first-order valence-electron chi connectivity index (χ1n) is 9.70. The van der Waals surface area contributed by atoms with E-state index in [-0.39, 0.29) is 6.04 Å². The van der Waals surface area contributed by atoms with Crippen molar-refractivity contribution in [3.63, 3.8) is 0 Å². The van der Waals surface area contributed by atoms with Crippen LogP contribution in [0.1, 0.15) is 65.7 Å². The molecule has 134 valence electrons. The summed E-state index contributed by atoms with van der Waals surface area (Å²) >= 11 is 0. The summed E-state index contributed by atoms with van der Waals surface area (Å²) in [6, 6.07) is 0.250. The second kappa shape index (κ2) is 9.63. The number of hydrogen-bond donors (Lipinski definition) is 1. The van der Waals surface area contributed by atoms with Crippen LogP contribution in [-0.2, 0) is 9.53 Å². The zero-order valence-electron chi connectivity index (χ0n) is 15.4. The van der Waals surface area contributed by atoms with Crippen LogP contribution >= 0.6 is 0 Å². The first-order chi connectivity index (χ1) is 11.1. The van der Waals surface area contributed by atoms with E-state index < -0.39 is 0 Å². The third kappa shape index (κ3) is 6.07. The fraction of sp³-hybridized carbons (Fsp3) is 0.947. The third-order valence-electron chi connectivity index (χ3n) is 5.32. The Balaban J connectivity index is 1.73. The Morgan fingerprint density at radius 3 is 2.48 bits per heavy atom. The summed E-state index contributed by atoms with van der Waals surface area (Å²) in [5, 5.41) is 3.60. The van der Waals surface area contributed by atoms with Crippen molar-refractivity contribution >= 4 is 5.91 Å². The minimum Gasteiger partial charge on any atom is -0.378 e. The van der Waals surface area contributed by atoms with E-state index >= 15 is 0 Å². The van der Waals surface area contributed by atoms with Crippen molar-refractivity contribution in [1.29, 1.82) is 0 Å². The highest BCUT2D eigenvalue weighted by molar-refractivity contribution is 5.76. The van der Waals surface area contributed by atoms with Crippen molar-refractivity contribution in [1.82, 2.24) is 10.2 Å². The molecule has 2 heterocycles. The Morgan fingerprint density at radius 1 is 1.13 bits per heavy atom. The Bertz CT molecular complexity index is 351. The number of nitrogens with one attached hydrogen (secondary N) is 1. The van der Waals surface area contributed by atoms with E-state index in [1.165, 1.54) is 32.1 Å². The molecule has 0 aromatic heterocycles. The van der Waals surface area contributed by atoms with Gasteiger partial charge in [0.15, 0.2) is 0 Å². The van der Waals surface area contributed by atoms with Gasteiger partial charge in [-0.25, -0.2) is 0 Å². The maximum absolute atomic E-state index is 12.4. The second-order valence-corrected chi connectivity index (χ2v) is 7.79. The minimum absolute atomic E-state index is 0.250. The first-order valence-corrected chi connectivity index (χ1v) is 9.70. The highest BCUT2D eigenvalue weighted by Crippen LogP contribution is 2.25. The highest BCUT2D eigenvalue weighted by Gasteiger charge is 2.28. The molecule has 2 rings (SSSR count). The van der Waals surface area contributed by atoms with Gasteiger partial charge in [-0.05, 0) is 44.4 Å². The van der Waals surface area contributed by atoms with Crippen LogP contribution in [0.25, 0.3) is 0 Å². The van der Waals surface area contributed by atoms with Gasteiger partial charge in [0.25, 0.3) is 0 Å². The summed E-state index contributed by atoms with van der Waals surface area (Å²) in [5.41, 5.74) is 0. The van der Waals surface area contributed by atoms with Gasteiger partial charge in [0, 0.05) is 38.7 Å². The lowest BCUT2D eigenvalue weighted by molar-refractivity contribution is -0.131. The van der Waals surface area contributed by atoms with Crippen LogP contribution in [0.3, 0.4) is 0 Å². The van der Waals surface area contributed by atoms with Crippen LogP contribution in [0.15, 0.2) is 0 Å². The fourth-order valence-corrected chi connectivity index (χ4v) is 3.96. The zero-order valence-corrected chi connectivity index (χ0v) is 15.4. The van der Waals surface area contributed by atoms with E-state index in [0.29, 0.717) is 30.3 Å². The van der Waals surface area contributed by atoms with Crippen LogP contribution in [0, 0.1) is 11.8 Å². The number of likely N-dealkylation sites (tertiary alicyclic amines) is 1. The smallest absolute Gasteiger partial charge is 0.224 e. The van der Waals surface area contributed by atoms with Gasteiger partial charge in [-0.3, -0.25) is 4.79 Å². The lowest BCUT2D eigenvalue weighted by Crippen LogP contribution is -2.43. The molecular formula is C19H36N2O2. The largest absolute Gasteiger partial charge is 0.378 e. The van der Waals surface area contributed by atoms with Gasteiger partial charge in [0.05, 0.1) is 6.10 Å². The molecule has 0 spiro atoms. The minimum atomic E-state index is 0.250. The van der Waals surface area contributed by atoms with Crippen LogP contribution in [0.4, 0.5) is 0 Å². The molecule has 0 bridgehead atoms. The molecule has 4 heteroatoms. The zero-order chi connectivity index (χ0) is 16.7. The van der Waals surface area contributed by atoms with E-state index in [1.54, 1.807) is 0 Å². The van der Waals surface area contributed by atoms with Crippen molar-refractivity contribution in [2.24, 2.45) is 11.8 Å². The van der Waals surface area contributed by atoms with E-state index in [9.17, 15) is 4.79 Å². The molecule has 0 aliphatic carbocycles. The summed E-state index contributed by atoms with van der Waals surface area (Å²) in [4.78, 5) is 14.5. The normalized spacial score (nSPS) is 27.7.